The lowest BCUT2D eigenvalue weighted by Gasteiger charge is -2.33. The van der Waals surface area contributed by atoms with Gasteiger partial charge in [-0.2, -0.15) is 0 Å². The lowest BCUT2D eigenvalue weighted by Crippen LogP contribution is -2.50. The van der Waals surface area contributed by atoms with Crippen molar-refractivity contribution in [2.24, 2.45) is 0 Å². The Morgan fingerprint density at radius 3 is 1.73 bits per heavy atom. The van der Waals surface area contributed by atoms with Crippen molar-refractivity contribution in [2.45, 2.75) is 27.7 Å². The number of nitrogens with zero attached hydrogens (tertiary/aromatic N) is 2. The number of anilines is 2. The molecule has 1 fully saturated rings. The second-order valence-corrected chi connectivity index (χ2v) is 8.29. The van der Waals surface area contributed by atoms with Crippen LogP contribution in [-0.2, 0) is 9.59 Å². The highest BCUT2D eigenvalue weighted by Crippen LogP contribution is 2.19. The maximum absolute atomic E-state index is 12.5. The maximum Gasteiger partial charge on any atom is 0.238 e. The van der Waals surface area contributed by atoms with Gasteiger partial charge in [-0.15, -0.1) is 0 Å². The van der Waals surface area contributed by atoms with Gasteiger partial charge in [0.25, 0.3) is 0 Å². The molecule has 0 unspecified atom stereocenters. The number of benzene rings is 2. The highest BCUT2D eigenvalue weighted by Gasteiger charge is 2.21. The molecule has 1 aliphatic rings. The maximum atomic E-state index is 12.5. The minimum atomic E-state index is 0.00113. The quantitative estimate of drug-likeness (QED) is 0.771. The van der Waals surface area contributed by atoms with Gasteiger partial charge in [-0.3, -0.25) is 19.4 Å². The van der Waals surface area contributed by atoms with E-state index in [1.54, 1.807) is 0 Å². The fourth-order valence-electron chi connectivity index (χ4n) is 3.95. The van der Waals surface area contributed by atoms with Crippen molar-refractivity contribution in [2.75, 3.05) is 49.9 Å². The van der Waals surface area contributed by atoms with E-state index in [9.17, 15) is 9.59 Å². The van der Waals surface area contributed by atoms with Crippen molar-refractivity contribution in [3.63, 3.8) is 0 Å². The number of nitrogens with one attached hydrogen (secondary N) is 2. The molecule has 3 rings (SSSR count). The molecule has 0 saturated carbocycles. The first-order chi connectivity index (χ1) is 14.3. The Kier molecular flexibility index (Phi) is 7.24. The van der Waals surface area contributed by atoms with E-state index in [4.69, 9.17) is 0 Å². The SMILES string of the molecule is Cc1cc(C)cc(NC(=O)CN2CCN(CC(=O)Nc3c(C)cccc3C)CC2)c1. The fraction of sp³-hybridized carbons (Fsp3) is 0.417. The zero-order chi connectivity index (χ0) is 21.7. The molecule has 0 aromatic heterocycles. The summed E-state index contributed by atoms with van der Waals surface area (Å²) in [5.41, 5.74) is 6.17. The van der Waals surface area contributed by atoms with Crippen molar-refractivity contribution in [3.05, 3.63) is 58.7 Å². The highest BCUT2D eigenvalue weighted by atomic mass is 16.2. The Morgan fingerprint density at radius 1 is 0.767 bits per heavy atom. The van der Waals surface area contributed by atoms with Crippen LogP contribution in [-0.4, -0.2) is 60.9 Å². The van der Waals surface area contributed by atoms with E-state index in [1.165, 1.54) is 0 Å². The number of hydrogen-bond acceptors (Lipinski definition) is 4. The molecule has 2 N–H and O–H groups in total. The average Bonchev–Trinajstić information content (AvgIpc) is 2.65. The number of carbonyl (C=O) groups excluding carboxylic acids is 2. The summed E-state index contributed by atoms with van der Waals surface area (Å²) in [7, 11) is 0. The van der Waals surface area contributed by atoms with Gasteiger partial charge in [-0.05, 0) is 62.1 Å². The van der Waals surface area contributed by atoms with E-state index in [0.29, 0.717) is 13.1 Å². The van der Waals surface area contributed by atoms with Crippen molar-refractivity contribution < 1.29 is 9.59 Å². The number of para-hydroxylation sites is 1. The Bertz CT molecular complexity index is 877. The third-order valence-electron chi connectivity index (χ3n) is 5.45. The van der Waals surface area contributed by atoms with Crippen LogP contribution in [0.1, 0.15) is 22.3 Å². The molecular formula is C24H32N4O2. The molecule has 6 nitrogen and oxygen atoms in total. The number of carbonyl (C=O) groups is 2. The molecule has 1 aliphatic heterocycles. The Hall–Kier alpha value is -2.70. The van der Waals surface area contributed by atoms with Crippen LogP contribution in [0, 0.1) is 27.7 Å². The molecule has 1 saturated heterocycles. The first-order valence-electron chi connectivity index (χ1n) is 10.5. The second kappa shape index (κ2) is 9.87. The van der Waals surface area contributed by atoms with Gasteiger partial charge >= 0.3 is 0 Å². The van der Waals surface area contributed by atoms with Crippen LogP contribution in [0.25, 0.3) is 0 Å². The minimum Gasteiger partial charge on any atom is -0.325 e. The standard InChI is InChI=1S/C24H32N4O2/c1-17-12-18(2)14-21(13-17)25-22(29)15-27-8-10-28(11-9-27)16-23(30)26-24-19(3)6-5-7-20(24)4/h5-7,12-14H,8-11,15-16H2,1-4H3,(H,25,29)(H,26,30). The van der Waals surface area contributed by atoms with Crippen LogP contribution in [0.4, 0.5) is 11.4 Å². The second-order valence-electron chi connectivity index (χ2n) is 8.29. The zero-order valence-electron chi connectivity index (χ0n) is 18.4. The van der Waals surface area contributed by atoms with E-state index < -0.39 is 0 Å². The molecule has 0 atom stereocenters. The number of aryl methyl sites for hydroxylation is 4. The van der Waals surface area contributed by atoms with Crippen LogP contribution >= 0.6 is 0 Å². The summed E-state index contributed by atoms with van der Waals surface area (Å²) in [5.74, 6) is 0.00892. The summed E-state index contributed by atoms with van der Waals surface area (Å²) in [6.45, 7) is 11.9. The van der Waals surface area contributed by atoms with Gasteiger partial charge in [-0.1, -0.05) is 24.3 Å². The summed E-state index contributed by atoms with van der Waals surface area (Å²) in [5, 5.41) is 6.04. The van der Waals surface area contributed by atoms with Crippen LogP contribution in [0.15, 0.2) is 36.4 Å². The van der Waals surface area contributed by atoms with E-state index in [1.807, 2.05) is 58.0 Å². The highest BCUT2D eigenvalue weighted by molar-refractivity contribution is 5.94. The molecule has 0 radical (unpaired) electrons. The van der Waals surface area contributed by atoms with Crippen molar-refractivity contribution in [1.82, 2.24) is 9.80 Å². The van der Waals surface area contributed by atoms with Gasteiger partial charge in [0.2, 0.25) is 11.8 Å². The van der Waals surface area contributed by atoms with Crippen molar-refractivity contribution >= 4 is 23.2 Å². The van der Waals surface area contributed by atoms with E-state index in [-0.39, 0.29) is 11.8 Å². The number of amides is 2. The van der Waals surface area contributed by atoms with E-state index in [0.717, 1.165) is 59.8 Å². The molecule has 2 aromatic carbocycles. The summed E-state index contributed by atoms with van der Waals surface area (Å²) in [6, 6.07) is 12.1. The van der Waals surface area contributed by atoms with Crippen LogP contribution in [0.3, 0.4) is 0 Å². The molecule has 0 spiro atoms. The van der Waals surface area contributed by atoms with Crippen LogP contribution < -0.4 is 10.6 Å². The number of rotatable bonds is 6. The Morgan fingerprint density at radius 2 is 1.23 bits per heavy atom. The first kappa shape index (κ1) is 22.0. The molecule has 30 heavy (non-hydrogen) atoms. The minimum absolute atomic E-state index is 0.00113. The van der Waals surface area contributed by atoms with Gasteiger partial charge in [0.15, 0.2) is 0 Å². The Balaban J connectivity index is 1.43. The van der Waals surface area contributed by atoms with Crippen LogP contribution in [0.5, 0.6) is 0 Å². The summed E-state index contributed by atoms with van der Waals surface area (Å²) >= 11 is 0. The molecule has 0 bridgehead atoms. The third kappa shape index (κ3) is 6.15. The van der Waals surface area contributed by atoms with Gasteiger partial charge in [0.1, 0.15) is 0 Å². The van der Waals surface area contributed by atoms with E-state index in [2.05, 4.69) is 26.5 Å². The number of hydrogen-bond donors (Lipinski definition) is 2. The van der Waals surface area contributed by atoms with Gasteiger partial charge in [0.05, 0.1) is 13.1 Å². The lowest BCUT2D eigenvalue weighted by molar-refractivity contribution is -0.120. The number of piperazine rings is 1. The smallest absolute Gasteiger partial charge is 0.238 e. The molecule has 2 aromatic rings. The average molecular weight is 409 g/mol. The summed E-state index contributed by atoms with van der Waals surface area (Å²) < 4.78 is 0. The predicted octanol–water partition coefficient (Wildman–Crippen LogP) is 3.12. The molecule has 6 heteroatoms. The summed E-state index contributed by atoms with van der Waals surface area (Å²) in [6.07, 6.45) is 0. The molecule has 1 heterocycles. The Labute approximate surface area is 179 Å². The first-order valence-corrected chi connectivity index (χ1v) is 10.5. The normalized spacial score (nSPS) is 15.1. The molecule has 0 aliphatic carbocycles. The fourth-order valence-corrected chi connectivity index (χ4v) is 3.95. The topological polar surface area (TPSA) is 64.7 Å². The summed E-state index contributed by atoms with van der Waals surface area (Å²) in [4.78, 5) is 29.1. The van der Waals surface area contributed by atoms with Crippen LogP contribution in [0.2, 0.25) is 0 Å². The molecular weight excluding hydrogens is 376 g/mol. The molecule has 2 amide bonds. The third-order valence-corrected chi connectivity index (χ3v) is 5.45. The lowest BCUT2D eigenvalue weighted by atomic mass is 10.1. The molecule has 160 valence electrons. The zero-order valence-corrected chi connectivity index (χ0v) is 18.4. The van der Waals surface area contributed by atoms with Gasteiger partial charge in [-0.25, -0.2) is 0 Å². The van der Waals surface area contributed by atoms with Gasteiger partial charge < -0.3 is 10.6 Å². The van der Waals surface area contributed by atoms with Crippen molar-refractivity contribution in [1.29, 1.82) is 0 Å². The largest absolute Gasteiger partial charge is 0.325 e. The van der Waals surface area contributed by atoms with Crippen molar-refractivity contribution in [3.8, 4) is 0 Å². The monoisotopic (exact) mass is 408 g/mol. The van der Waals surface area contributed by atoms with E-state index >= 15 is 0 Å². The van der Waals surface area contributed by atoms with Gasteiger partial charge in [0, 0.05) is 37.6 Å². The predicted molar refractivity (Wildman–Crippen MR) is 122 cm³/mol.